The van der Waals surface area contributed by atoms with Crippen molar-refractivity contribution in [1.82, 2.24) is 9.78 Å². The highest BCUT2D eigenvalue weighted by Gasteiger charge is 2.15. The molecule has 88 valence electrons. The monoisotopic (exact) mass is 231 g/mol. The zero-order chi connectivity index (χ0) is 12.4. The molecule has 2 aromatic rings. The summed E-state index contributed by atoms with van der Waals surface area (Å²) in [5.41, 5.74) is 7.69. The summed E-state index contributed by atoms with van der Waals surface area (Å²) in [5.74, 6) is -0.916. The molecule has 0 unspecified atom stereocenters. The van der Waals surface area contributed by atoms with Crippen molar-refractivity contribution in [1.29, 1.82) is 0 Å². The Kier molecular flexibility index (Phi) is 2.82. The molecule has 1 heterocycles. The minimum absolute atomic E-state index is 0.0240. The maximum Gasteiger partial charge on any atom is 0.341 e. The van der Waals surface area contributed by atoms with E-state index in [1.165, 1.54) is 10.9 Å². The summed E-state index contributed by atoms with van der Waals surface area (Å²) in [6.07, 6.45) is 2.10. The van der Waals surface area contributed by atoms with Gasteiger partial charge in [-0.2, -0.15) is 5.10 Å². The Morgan fingerprint density at radius 1 is 1.47 bits per heavy atom. The van der Waals surface area contributed by atoms with Gasteiger partial charge in [0.1, 0.15) is 11.4 Å². The van der Waals surface area contributed by atoms with Crippen molar-refractivity contribution in [2.45, 2.75) is 13.3 Å². The van der Waals surface area contributed by atoms with Crippen LogP contribution in [0.1, 0.15) is 22.8 Å². The Morgan fingerprint density at radius 2 is 2.18 bits per heavy atom. The first-order valence-electron chi connectivity index (χ1n) is 5.30. The van der Waals surface area contributed by atoms with Gasteiger partial charge in [-0.15, -0.1) is 0 Å². The zero-order valence-electron chi connectivity index (χ0n) is 9.42. The van der Waals surface area contributed by atoms with E-state index in [-0.39, 0.29) is 11.4 Å². The number of carbonyl (C=O) groups is 1. The van der Waals surface area contributed by atoms with Gasteiger partial charge in [-0.25, -0.2) is 9.48 Å². The van der Waals surface area contributed by atoms with Crippen molar-refractivity contribution < 1.29 is 9.90 Å². The van der Waals surface area contributed by atoms with Gasteiger partial charge in [0, 0.05) is 0 Å². The van der Waals surface area contributed by atoms with Crippen LogP contribution in [0.25, 0.3) is 5.69 Å². The number of anilines is 1. The maximum atomic E-state index is 10.9. The van der Waals surface area contributed by atoms with Crippen LogP contribution in [0.5, 0.6) is 0 Å². The molecule has 0 aliphatic carbocycles. The number of aryl methyl sites for hydroxylation is 1. The standard InChI is InChI=1S/C12H13N3O2/c1-2-8-5-3-4-6-10(8)15-11(13)9(7-14-15)12(16)17/h3-7H,2,13H2,1H3,(H,16,17). The van der Waals surface area contributed by atoms with Crippen molar-refractivity contribution in [2.24, 2.45) is 0 Å². The summed E-state index contributed by atoms with van der Waals surface area (Å²) in [4.78, 5) is 10.9. The maximum absolute atomic E-state index is 10.9. The number of para-hydroxylation sites is 1. The van der Waals surface area contributed by atoms with Gasteiger partial charge >= 0.3 is 5.97 Å². The van der Waals surface area contributed by atoms with E-state index in [1.807, 2.05) is 31.2 Å². The molecule has 0 saturated carbocycles. The molecule has 0 radical (unpaired) electrons. The SMILES string of the molecule is CCc1ccccc1-n1ncc(C(=O)O)c1N. The molecule has 17 heavy (non-hydrogen) atoms. The van der Waals surface area contributed by atoms with Crippen molar-refractivity contribution in [3.63, 3.8) is 0 Å². The fraction of sp³-hybridized carbons (Fsp3) is 0.167. The number of nitrogens with two attached hydrogens (primary N) is 1. The zero-order valence-corrected chi connectivity index (χ0v) is 9.42. The van der Waals surface area contributed by atoms with Crippen LogP contribution < -0.4 is 5.73 Å². The quantitative estimate of drug-likeness (QED) is 0.842. The van der Waals surface area contributed by atoms with Crippen molar-refractivity contribution >= 4 is 11.8 Å². The topological polar surface area (TPSA) is 81.1 Å². The molecule has 5 nitrogen and oxygen atoms in total. The summed E-state index contributed by atoms with van der Waals surface area (Å²) in [6, 6.07) is 7.64. The predicted molar refractivity (Wildman–Crippen MR) is 64.3 cm³/mol. The lowest BCUT2D eigenvalue weighted by Gasteiger charge is -2.09. The molecule has 1 aromatic heterocycles. The second-order valence-corrected chi connectivity index (χ2v) is 3.64. The molecule has 0 bridgehead atoms. The minimum Gasteiger partial charge on any atom is -0.477 e. The Balaban J connectivity index is 2.57. The number of nitrogen functional groups attached to an aromatic ring is 1. The lowest BCUT2D eigenvalue weighted by molar-refractivity contribution is 0.0698. The summed E-state index contributed by atoms with van der Waals surface area (Å²) in [7, 11) is 0. The average molecular weight is 231 g/mol. The van der Waals surface area contributed by atoms with Gasteiger partial charge in [0.25, 0.3) is 0 Å². The number of nitrogens with zero attached hydrogens (tertiary/aromatic N) is 2. The van der Waals surface area contributed by atoms with Crippen LogP contribution in [0.4, 0.5) is 5.82 Å². The Morgan fingerprint density at radius 3 is 2.76 bits per heavy atom. The smallest absolute Gasteiger partial charge is 0.341 e. The van der Waals surface area contributed by atoms with Crippen LogP contribution in [0.3, 0.4) is 0 Å². The van der Waals surface area contributed by atoms with Crippen LogP contribution in [0, 0.1) is 0 Å². The molecular formula is C12H13N3O2. The Hall–Kier alpha value is -2.30. The van der Waals surface area contributed by atoms with E-state index in [0.717, 1.165) is 17.7 Å². The molecule has 0 fully saturated rings. The number of aromatic nitrogens is 2. The van der Waals surface area contributed by atoms with Crippen molar-refractivity contribution in [2.75, 3.05) is 5.73 Å². The first-order chi connectivity index (χ1) is 8.15. The summed E-state index contributed by atoms with van der Waals surface area (Å²) >= 11 is 0. The van der Waals surface area contributed by atoms with Crippen LogP contribution in [0.15, 0.2) is 30.5 Å². The number of carboxylic acid groups (broad SMARTS) is 1. The molecule has 2 rings (SSSR count). The predicted octanol–water partition coefficient (Wildman–Crippen LogP) is 1.72. The third-order valence-electron chi connectivity index (χ3n) is 2.64. The number of hydrogen-bond donors (Lipinski definition) is 2. The third kappa shape index (κ3) is 1.87. The van der Waals surface area contributed by atoms with Crippen LogP contribution in [-0.4, -0.2) is 20.9 Å². The molecule has 0 amide bonds. The summed E-state index contributed by atoms with van der Waals surface area (Å²) in [5, 5.41) is 12.9. The lowest BCUT2D eigenvalue weighted by atomic mass is 10.1. The van der Waals surface area contributed by atoms with E-state index in [9.17, 15) is 4.79 Å². The molecule has 0 atom stereocenters. The molecule has 0 spiro atoms. The average Bonchev–Trinajstić information content (AvgIpc) is 2.71. The number of hydrogen-bond acceptors (Lipinski definition) is 3. The minimum atomic E-state index is -1.07. The fourth-order valence-electron chi connectivity index (χ4n) is 1.73. The van der Waals surface area contributed by atoms with Crippen molar-refractivity contribution in [3.05, 3.63) is 41.6 Å². The number of carboxylic acids is 1. The summed E-state index contributed by atoms with van der Waals surface area (Å²) in [6.45, 7) is 2.02. The summed E-state index contributed by atoms with van der Waals surface area (Å²) < 4.78 is 1.46. The van der Waals surface area contributed by atoms with Gasteiger partial charge in [0.15, 0.2) is 0 Å². The van der Waals surface area contributed by atoms with Gasteiger partial charge in [0.05, 0.1) is 11.9 Å². The molecular weight excluding hydrogens is 218 g/mol. The second kappa shape index (κ2) is 4.29. The first-order valence-corrected chi connectivity index (χ1v) is 5.30. The van der Waals surface area contributed by atoms with E-state index in [2.05, 4.69) is 5.10 Å². The molecule has 0 aliphatic heterocycles. The largest absolute Gasteiger partial charge is 0.477 e. The molecule has 3 N–H and O–H groups in total. The number of benzene rings is 1. The van der Waals surface area contributed by atoms with Crippen LogP contribution in [-0.2, 0) is 6.42 Å². The van der Waals surface area contributed by atoms with E-state index in [4.69, 9.17) is 10.8 Å². The highest BCUT2D eigenvalue weighted by atomic mass is 16.4. The van der Waals surface area contributed by atoms with E-state index in [1.54, 1.807) is 0 Å². The fourth-order valence-corrected chi connectivity index (χ4v) is 1.73. The Labute approximate surface area is 98.5 Å². The van der Waals surface area contributed by atoms with Gasteiger partial charge < -0.3 is 10.8 Å². The first kappa shape index (κ1) is 11.2. The normalized spacial score (nSPS) is 10.4. The van der Waals surface area contributed by atoms with E-state index in [0.29, 0.717) is 0 Å². The lowest BCUT2D eigenvalue weighted by Crippen LogP contribution is -2.07. The van der Waals surface area contributed by atoms with E-state index < -0.39 is 5.97 Å². The van der Waals surface area contributed by atoms with Gasteiger partial charge in [0.2, 0.25) is 0 Å². The van der Waals surface area contributed by atoms with Crippen LogP contribution in [0.2, 0.25) is 0 Å². The third-order valence-corrected chi connectivity index (χ3v) is 2.64. The van der Waals surface area contributed by atoms with Gasteiger partial charge in [-0.1, -0.05) is 25.1 Å². The second-order valence-electron chi connectivity index (χ2n) is 3.64. The highest BCUT2D eigenvalue weighted by molar-refractivity contribution is 5.92. The van der Waals surface area contributed by atoms with Gasteiger partial charge in [-0.3, -0.25) is 0 Å². The van der Waals surface area contributed by atoms with Gasteiger partial charge in [-0.05, 0) is 18.1 Å². The molecule has 0 saturated heterocycles. The molecule has 5 heteroatoms. The molecule has 0 aliphatic rings. The number of aromatic carboxylic acids is 1. The number of rotatable bonds is 3. The van der Waals surface area contributed by atoms with Crippen molar-refractivity contribution in [3.8, 4) is 5.69 Å². The Bertz CT molecular complexity index is 561. The molecule has 1 aromatic carbocycles. The highest BCUT2D eigenvalue weighted by Crippen LogP contribution is 2.20. The van der Waals surface area contributed by atoms with Crippen LogP contribution >= 0.6 is 0 Å². The van der Waals surface area contributed by atoms with E-state index >= 15 is 0 Å².